The molecule has 2 bridgehead atoms. The summed E-state index contributed by atoms with van der Waals surface area (Å²) in [7, 11) is 0. The average Bonchev–Trinajstić information content (AvgIpc) is 3.25. The third kappa shape index (κ3) is 3.86. The van der Waals surface area contributed by atoms with E-state index in [0.29, 0.717) is 23.6 Å². The molecule has 3 saturated carbocycles. The molecule has 2 atom stereocenters. The molecule has 0 aliphatic heterocycles. The van der Waals surface area contributed by atoms with E-state index >= 15 is 0 Å². The van der Waals surface area contributed by atoms with Gasteiger partial charge in [-0.3, -0.25) is 14.3 Å². The molecule has 2 unspecified atom stereocenters. The van der Waals surface area contributed by atoms with E-state index in [9.17, 15) is 9.59 Å². The average molecular weight is 345 g/mol. The van der Waals surface area contributed by atoms with Crippen LogP contribution in [0.25, 0.3) is 0 Å². The van der Waals surface area contributed by atoms with Crippen molar-refractivity contribution in [2.24, 2.45) is 23.5 Å². The zero-order valence-electron chi connectivity index (χ0n) is 14.5. The first-order valence-electron chi connectivity index (χ1n) is 9.47. The third-order valence-electron chi connectivity index (χ3n) is 5.93. The Balaban J connectivity index is 1.31. The molecule has 1 aromatic rings. The Morgan fingerprint density at radius 1 is 1.20 bits per heavy atom. The Labute approximate surface area is 147 Å². The summed E-state index contributed by atoms with van der Waals surface area (Å²) in [5, 5.41) is 10.1. The number of carbonyl (C=O) groups is 2. The maximum atomic E-state index is 12.6. The molecule has 0 radical (unpaired) electrons. The molecule has 3 aliphatic carbocycles. The number of fused-ring (bicyclic) bond motifs is 2. The van der Waals surface area contributed by atoms with E-state index in [-0.39, 0.29) is 30.3 Å². The van der Waals surface area contributed by atoms with Crippen LogP contribution in [0.4, 0.5) is 5.69 Å². The summed E-state index contributed by atoms with van der Waals surface area (Å²) in [5.41, 5.74) is 6.96. The molecule has 1 aromatic heterocycles. The van der Waals surface area contributed by atoms with Crippen LogP contribution in [0.2, 0.25) is 0 Å². The molecule has 1 heterocycles. The Hall–Kier alpha value is -1.89. The summed E-state index contributed by atoms with van der Waals surface area (Å²) in [6.45, 7) is 0.189. The first-order valence-corrected chi connectivity index (χ1v) is 9.47. The molecule has 0 aromatic carbocycles. The van der Waals surface area contributed by atoms with Crippen LogP contribution in [0, 0.1) is 17.8 Å². The second-order valence-corrected chi connectivity index (χ2v) is 7.95. The molecule has 4 N–H and O–H groups in total. The number of aromatic nitrogens is 2. The number of amides is 2. The van der Waals surface area contributed by atoms with Crippen LogP contribution in [0.3, 0.4) is 0 Å². The van der Waals surface area contributed by atoms with Gasteiger partial charge >= 0.3 is 0 Å². The van der Waals surface area contributed by atoms with Crippen molar-refractivity contribution in [2.75, 3.05) is 5.32 Å². The molecule has 3 fully saturated rings. The minimum absolute atomic E-state index is 0.0300. The van der Waals surface area contributed by atoms with E-state index in [1.807, 2.05) is 0 Å². The Morgan fingerprint density at radius 2 is 1.92 bits per heavy atom. The quantitative estimate of drug-likeness (QED) is 0.747. The second kappa shape index (κ2) is 6.78. The van der Waals surface area contributed by atoms with Gasteiger partial charge in [0.05, 0.1) is 11.9 Å². The van der Waals surface area contributed by atoms with Crippen molar-refractivity contribution < 1.29 is 9.59 Å². The number of anilines is 1. The molecule has 2 amide bonds. The minimum atomic E-state index is -0.0300. The first kappa shape index (κ1) is 16.6. The van der Waals surface area contributed by atoms with Crippen molar-refractivity contribution in [1.82, 2.24) is 15.1 Å². The zero-order valence-corrected chi connectivity index (χ0v) is 14.5. The van der Waals surface area contributed by atoms with E-state index in [4.69, 9.17) is 5.73 Å². The number of nitrogens with one attached hydrogen (secondary N) is 2. The SMILES string of the molecule is NC1C2CCCC1CC(C(=O)Nc1cnn(CC(=O)NC3CC3)c1)C2. The zero-order chi connectivity index (χ0) is 17.4. The van der Waals surface area contributed by atoms with Crippen LogP contribution in [-0.2, 0) is 16.1 Å². The van der Waals surface area contributed by atoms with Crippen molar-refractivity contribution in [3.63, 3.8) is 0 Å². The van der Waals surface area contributed by atoms with E-state index in [0.717, 1.165) is 38.5 Å². The van der Waals surface area contributed by atoms with Crippen molar-refractivity contribution in [3.8, 4) is 0 Å². The molecule has 7 heteroatoms. The minimum Gasteiger partial charge on any atom is -0.352 e. The number of hydrogen-bond donors (Lipinski definition) is 3. The lowest BCUT2D eigenvalue weighted by molar-refractivity contribution is -0.123. The monoisotopic (exact) mass is 345 g/mol. The Bertz CT molecular complexity index is 640. The molecule has 136 valence electrons. The van der Waals surface area contributed by atoms with Crippen molar-refractivity contribution in [3.05, 3.63) is 12.4 Å². The number of nitrogens with two attached hydrogens (primary N) is 1. The van der Waals surface area contributed by atoms with Gasteiger partial charge in [0.25, 0.3) is 0 Å². The molecule has 25 heavy (non-hydrogen) atoms. The van der Waals surface area contributed by atoms with Gasteiger partial charge in [-0.05, 0) is 50.4 Å². The van der Waals surface area contributed by atoms with Crippen LogP contribution in [-0.4, -0.2) is 33.7 Å². The molecular formula is C18H27N5O2. The standard InChI is InChI=1S/C18H27N5O2/c19-17-11-2-1-3-12(17)7-13(6-11)18(25)22-15-8-20-23(9-15)10-16(24)21-14-4-5-14/h8-9,11-14,17H,1-7,10,19H2,(H,21,24)(H,22,25). The predicted molar refractivity (Wildman–Crippen MR) is 93.6 cm³/mol. The summed E-state index contributed by atoms with van der Waals surface area (Å²) in [4.78, 5) is 24.4. The summed E-state index contributed by atoms with van der Waals surface area (Å²) >= 11 is 0. The van der Waals surface area contributed by atoms with E-state index < -0.39 is 0 Å². The smallest absolute Gasteiger partial charge is 0.241 e. The van der Waals surface area contributed by atoms with Gasteiger partial charge in [0.2, 0.25) is 11.8 Å². The Morgan fingerprint density at radius 3 is 2.60 bits per heavy atom. The maximum absolute atomic E-state index is 12.6. The fourth-order valence-electron chi connectivity index (χ4n) is 4.41. The van der Waals surface area contributed by atoms with Crippen LogP contribution >= 0.6 is 0 Å². The van der Waals surface area contributed by atoms with Crippen LogP contribution in [0.15, 0.2) is 12.4 Å². The molecular weight excluding hydrogens is 318 g/mol. The van der Waals surface area contributed by atoms with E-state index in [2.05, 4.69) is 15.7 Å². The van der Waals surface area contributed by atoms with Gasteiger partial charge in [-0.15, -0.1) is 0 Å². The first-order chi connectivity index (χ1) is 12.1. The topological polar surface area (TPSA) is 102 Å². The van der Waals surface area contributed by atoms with E-state index in [1.165, 1.54) is 6.42 Å². The highest BCUT2D eigenvalue weighted by molar-refractivity contribution is 5.92. The third-order valence-corrected chi connectivity index (χ3v) is 5.93. The number of carbonyl (C=O) groups excluding carboxylic acids is 2. The highest BCUT2D eigenvalue weighted by Gasteiger charge is 2.40. The summed E-state index contributed by atoms with van der Waals surface area (Å²) in [6.07, 6.45) is 10.8. The summed E-state index contributed by atoms with van der Waals surface area (Å²) < 4.78 is 1.57. The largest absolute Gasteiger partial charge is 0.352 e. The van der Waals surface area contributed by atoms with Gasteiger partial charge in [-0.2, -0.15) is 5.10 Å². The molecule has 7 nitrogen and oxygen atoms in total. The van der Waals surface area contributed by atoms with E-state index in [1.54, 1.807) is 17.1 Å². The van der Waals surface area contributed by atoms with Gasteiger partial charge < -0.3 is 16.4 Å². The molecule has 4 rings (SSSR count). The van der Waals surface area contributed by atoms with Crippen molar-refractivity contribution in [1.29, 1.82) is 0 Å². The van der Waals surface area contributed by atoms with Crippen LogP contribution < -0.4 is 16.4 Å². The second-order valence-electron chi connectivity index (χ2n) is 7.95. The highest BCUT2D eigenvalue weighted by Crippen LogP contribution is 2.42. The summed E-state index contributed by atoms with van der Waals surface area (Å²) in [5.74, 6) is 1.04. The lowest BCUT2D eigenvalue weighted by Gasteiger charge is -2.43. The lowest BCUT2D eigenvalue weighted by Crippen LogP contribution is -2.48. The molecule has 3 aliphatic rings. The normalized spacial score (nSPS) is 31.4. The lowest BCUT2D eigenvalue weighted by atomic mass is 9.65. The molecule has 0 spiro atoms. The van der Waals surface area contributed by atoms with Gasteiger partial charge in [-0.1, -0.05) is 6.42 Å². The van der Waals surface area contributed by atoms with Crippen LogP contribution in [0.1, 0.15) is 44.9 Å². The Kier molecular flexibility index (Phi) is 4.50. The van der Waals surface area contributed by atoms with Gasteiger partial charge in [-0.25, -0.2) is 0 Å². The number of nitrogens with zero attached hydrogens (tertiary/aromatic N) is 2. The van der Waals surface area contributed by atoms with Gasteiger partial charge in [0, 0.05) is 24.2 Å². The van der Waals surface area contributed by atoms with Gasteiger partial charge in [0.1, 0.15) is 6.54 Å². The van der Waals surface area contributed by atoms with Crippen molar-refractivity contribution in [2.45, 2.75) is 63.6 Å². The number of hydrogen-bond acceptors (Lipinski definition) is 4. The highest BCUT2D eigenvalue weighted by atomic mass is 16.2. The fraction of sp³-hybridized carbons (Fsp3) is 0.722. The summed E-state index contributed by atoms with van der Waals surface area (Å²) in [6, 6.07) is 0.616. The number of rotatable bonds is 5. The van der Waals surface area contributed by atoms with Crippen molar-refractivity contribution >= 4 is 17.5 Å². The predicted octanol–water partition coefficient (Wildman–Crippen LogP) is 1.25. The maximum Gasteiger partial charge on any atom is 0.241 e. The van der Waals surface area contributed by atoms with Gasteiger partial charge in [0.15, 0.2) is 0 Å². The van der Waals surface area contributed by atoms with Crippen LogP contribution in [0.5, 0.6) is 0 Å². The fourth-order valence-corrected chi connectivity index (χ4v) is 4.41. The molecule has 0 saturated heterocycles.